The van der Waals surface area contributed by atoms with Gasteiger partial charge in [0.25, 0.3) is 5.91 Å². The summed E-state index contributed by atoms with van der Waals surface area (Å²) in [6, 6.07) is 6.98. The maximum absolute atomic E-state index is 12.7. The smallest absolute Gasteiger partial charge is 0.267 e. The topological polar surface area (TPSA) is 107 Å². The Labute approximate surface area is 201 Å². The number of aromatic nitrogens is 3. The molecule has 1 aliphatic rings. The fraction of sp³-hybridized carbons (Fsp3) is 0.364. The van der Waals surface area contributed by atoms with E-state index >= 15 is 0 Å². The van der Waals surface area contributed by atoms with Crippen LogP contribution in [0.25, 0.3) is 0 Å². The van der Waals surface area contributed by atoms with Gasteiger partial charge in [-0.25, -0.2) is 15.0 Å². The van der Waals surface area contributed by atoms with Gasteiger partial charge in [-0.1, -0.05) is 42.0 Å². The third-order valence-corrected chi connectivity index (χ3v) is 6.59. The summed E-state index contributed by atoms with van der Waals surface area (Å²) >= 11 is 7.38. The zero-order chi connectivity index (χ0) is 23.2. The summed E-state index contributed by atoms with van der Waals surface area (Å²) in [6.45, 7) is 7.00. The Morgan fingerprint density at radius 2 is 2.03 bits per heavy atom. The summed E-state index contributed by atoms with van der Waals surface area (Å²) < 4.78 is 0. The fourth-order valence-electron chi connectivity index (χ4n) is 3.67. The highest BCUT2D eigenvalue weighted by Crippen LogP contribution is 2.28. The van der Waals surface area contributed by atoms with Crippen molar-refractivity contribution >= 4 is 51.3 Å². The number of hydrogen-bond donors (Lipinski definition) is 3. The molecule has 0 bridgehead atoms. The molecule has 11 heteroatoms. The molecule has 0 unspecified atom stereocenters. The van der Waals surface area contributed by atoms with E-state index in [1.165, 1.54) is 23.9 Å². The summed E-state index contributed by atoms with van der Waals surface area (Å²) in [7, 11) is 0. The number of rotatable bonds is 8. The fourth-order valence-corrected chi connectivity index (χ4v) is 4.63. The Morgan fingerprint density at radius 3 is 2.79 bits per heavy atom. The van der Waals surface area contributed by atoms with Crippen LogP contribution in [0, 0.1) is 0 Å². The lowest BCUT2D eigenvalue weighted by Gasteiger charge is -2.35. The Kier molecular flexibility index (Phi) is 7.71. The summed E-state index contributed by atoms with van der Waals surface area (Å²) in [6.07, 6.45) is 4.19. The number of para-hydroxylation sites is 1. The normalized spacial score (nSPS) is 14.3. The number of thiazole rings is 1. The van der Waals surface area contributed by atoms with Gasteiger partial charge in [0, 0.05) is 37.8 Å². The molecule has 3 N–H and O–H groups in total. The summed E-state index contributed by atoms with van der Waals surface area (Å²) in [5.74, 6) is 1.14. The van der Waals surface area contributed by atoms with E-state index in [9.17, 15) is 9.90 Å². The molecule has 3 heterocycles. The van der Waals surface area contributed by atoms with Crippen LogP contribution >= 0.6 is 22.9 Å². The minimum atomic E-state index is -0.350. The first-order valence-electron chi connectivity index (χ1n) is 10.8. The highest BCUT2D eigenvalue weighted by molar-refractivity contribution is 7.17. The Morgan fingerprint density at radius 1 is 1.21 bits per heavy atom. The number of aliphatic hydroxyl groups excluding tert-OH is 1. The molecule has 4 rings (SSSR count). The minimum Gasteiger partial charge on any atom is -0.392 e. The molecule has 0 spiro atoms. The number of anilines is 4. The van der Waals surface area contributed by atoms with E-state index in [0.29, 0.717) is 32.1 Å². The molecule has 9 nitrogen and oxygen atoms in total. The van der Waals surface area contributed by atoms with Crippen LogP contribution in [-0.2, 0) is 6.61 Å². The first kappa shape index (κ1) is 23.4. The third-order valence-electron chi connectivity index (χ3n) is 5.36. The SMILES string of the molecule is CCCN1CCN(c2cc(Nc3ncc(C(=O)Nc4c(Cl)cccc4CO)s3)ncn2)CC1. The molecular weight excluding hydrogens is 462 g/mol. The first-order chi connectivity index (χ1) is 16.1. The highest BCUT2D eigenvalue weighted by Gasteiger charge is 2.19. The molecule has 1 aromatic carbocycles. The molecular formula is C22H26ClN7O2S. The van der Waals surface area contributed by atoms with Gasteiger partial charge in [0.15, 0.2) is 5.13 Å². The monoisotopic (exact) mass is 487 g/mol. The van der Waals surface area contributed by atoms with Crippen molar-refractivity contribution < 1.29 is 9.90 Å². The van der Waals surface area contributed by atoms with E-state index < -0.39 is 0 Å². The second kappa shape index (κ2) is 10.9. The van der Waals surface area contributed by atoms with Gasteiger partial charge in [-0.2, -0.15) is 0 Å². The van der Waals surface area contributed by atoms with E-state index in [4.69, 9.17) is 11.6 Å². The van der Waals surface area contributed by atoms with Crippen LogP contribution in [0.15, 0.2) is 36.8 Å². The molecule has 0 saturated carbocycles. The molecule has 0 aliphatic carbocycles. The van der Waals surface area contributed by atoms with Crippen LogP contribution in [0.5, 0.6) is 0 Å². The van der Waals surface area contributed by atoms with E-state index in [1.807, 2.05) is 6.07 Å². The maximum Gasteiger partial charge on any atom is 0.267 e. The number of aliphatic hydroxyl groups is 1. The molecule has 1 aliphatic heterocycles. The molecule has 0 radical (unpaired) electrons. The molecule has 33 heavy (non-hydrogen) atoms. The minimum absolute atomic E-state index is 0.227. The van der Waals surface area contributed by atoms with Crippen LogP contribution in [0.1, 0.15) is 28.6 Å². The zero-order valence-corrected chi connectivity index (χ0v) is 19.9. The Balaban J connectivity index is 1.40. The van der Waals surface area contributed by atoms with Crippen molar-refractivity contribution in [2.45, 2.75) is 20.0 Å². The second-order valence-corrected chi connectivity index (χ2v) is 9.07. The van der Waals surface area contributed by atoms with Crippen LogP contribution in [0.4, 0.5) is 22.5 Å². The molecule has 2 aromatic heterocycles. The van der Waals surface area contributed by atoms with Gasteiger partial charge in [0.2, 0.25) is 0 Å². The van der Waals surface area contributed by atoms with E-state index in [2.05, 4.69) is 42.3 Å². The van der Waals surface area contributed by atoms with Crippen molar-refractivity contribution in [3.05, 3.63) is 52.3 Å². The number of hydrogen-bond acceptors (Lipinski definition) is 9. The summed E-state index contributed by atoms with van der Waals surface area (Å²) in [5, 5.41) is 16.3. The average Bonchev–Trinajstić information content (AvgIpc) is 3.30. The molecule has 3 aromatic rings. The van der Waals surface area contributed by atoms with Crippen molar-refractivity contribution in [2.24, 2.45) is 0 Å². The van der Waals surface area contributed by atoms with E-state index in [-0.39, 0.29) is 12.5 Å². The van der Waals surface area contributed by atoms with Crippen molar-refractivity contribution in [3.63, 3.8) is 0 Å². The molecule has 1 saturated heterocycles. The summed E-state index contributed by atoms with van der Waals surface area (Å²) in [5.41, 5.74) is 0.941. The molecule has 0 atom stereocenters. The molecule has 174 valence electrons. The number of benzene rings is 1. The van der Waals surface area contributed by atoms with Gasteiger partial charge in [-0.3, -0.25) is 9.69 Å². The lowest BCUT2D eigenvalue weighted by Crippen LogP contribution is -2.46. The number of carbonyl (C=O) groups excluding carboxylic acids is 1. The van der Waals surface area contributed by atoms with Crippen LogP contribution in [0.2, 0.25) is 5.02 Å². The number of carbonyl (C=O) groups is 1. The molecule has 1 amide bonds. The van der Waals surface area contributed by atoms with Crippen molar-refractivity contribution in [3.8, 4) is 0 Å². The largest absolute Gasteiger partial charge is 0.392 e. The van der Waals surface area contributed by atoms with Gasteiger partial charge in [0.1, 0.15) is 22.8 Å². The third kappa shape index (κ3) is 5.77. The number of piperazine rings is 1. The quantitative estimate of drug-likeness (QED) is 0.442. The van der Waals surface area contributed by atoms with Gasteiger partial charge in [-0.15, -0.1) is 0 Å². The Bertz CT molecular complexity index is 1100. The number of nitrogens with zero attached hydrogens (tertiary/aromatic N) is 5. The Hall–Kier alpha value is -2.79. The van der Waals surface area contributed by atoms with Crippen LogP contribution < -0.4 is 15.5 Å². The first-order valence-corrected chi connectivity index (χ1v) is 12.0. The van der Waals surface area contributed by atoms with Gasteiger partial charge in [0.05, 0.1) is 23.5 Å². The highest BCUT2D eigenvalue weighted by atomic mass is 35.5. The van der Waals surface area contributed by atoms with Gasteiger partial charge < -0.3 is 20.6 Å². The van der Waals surface area contributed by atoms with Crippen LogP contribution in [0.3, 0.4) is 0 Å². The maximum atomic E-state index is 12.7. The van der Waals surface area contributed by atoms with Gasteiger partial charge in [-0.05, 0) is 19.0 Å². The molecule has 1 fully saturated rings. The number of nitrogens with one attached hydrogen (secondary N) is 2. The number of halogens is 1. The summed E-state index contributed by atoms with van der Waals surface area (Å²) in [4.78, 5) is 30.8. The van der Waals surface area contributed by atoms with E-state index in [0.717, 1.165) is 45.0 Å². The standard InChI is InChI=1S/C22H26ClN7O2S/c1-2-6-29-7-9-30(10-8-29)19-11-18(25-14-26-19)27-22-24-12-17(33-22)21(32)28-20-15(13-31)4-3-5-16(20)23/h3-5,11-12,14,31H,2,6-10,13H2,1H3,(H,28,32)(H,24,25,26,27). The lowest BCUT2D eigenvalue weighted by atomic mass is 10.2. The predicted molar refractivity (Wildman–Crippen MR) is 132 cm³/mol. The predicted octanol–water partition coefficient (Wildman–Crippen LogP) is 3.61. The van der Waals surface area contributed by atoms with Crippen molar-refractivity contribution in [1.82, 2.24) is 19.9 Å². The lowest BCUT2D eigenvalue weighted by molar-refractivity contribution is 0.103. The zero-order valence-electron chi connectivity index (χ0n) is 18.3. The second-order valence-electron chi connectivity index (χ2n) is 7.63. The average molecular weight is 488 g/mol. The van der Waals surface area contributed by atoms with Crippen LogP contribution in [-0.4, -0.2) is 63.6 Å². The van der Waals surface area contributed by atoms with Crippen molar-refractivity contribution in [2.75, 3.05) is 48.3 Å². The van der Waals surface area contributed by atoms with Gasteiger partial charge >= 0.3 is 0 Å². The van der Waals surface area contributed by atoms with Crippen molar-refractivity contribution in [1.29, 1.82) is 0 Å². The van der Waals surface area contributed by atoms with E-state index in [1.54, 1.807) is 18.2 Å². The number of amides is 1.